The summed E-state index contributed by atoms with van der Waals surface area (Å²) < 4.78 is 0. The highest BCUT2D eigenvalue weighted by Gasteiger charge is 2.20. The number of hydrogen-bond acceptors (Lipinski definition) is 2. The molecule has 0 spiro atoms. The van der Waals surface area contributed by atoms with Crippen LogP contribution in [0.2, 0.25) is 0 Å². The molecule has 0 bridgehead atoms. The largest absolute Gasteiger partial charge is 0.370 e. The Morgan fingerprint density at radius 2 is 2.16 bits per heavy atom. The van der Waals surface area contributed by atoms with Crippen molar-refractivity contribution >= 4 is 5.69 Å². The van der Waals surface area contributed by atoms with E-state index < -0.39 is 0 Å². The van der Waals surface area contributed by atoms with Crippen LogP contribution in [-0.2, 0) is 6.42 Å². The first-order chi connectivity index (χ1) is 9.33. The Bertz CT molecular complexity index is 419. The van der Waals surface area contributed by atoms with Gasteiger partial charge in [0, 0.05) is 24.8 Å². The van der Waals surface area contributed by atoms with Crippen molar-refractivity contribution in [2.24, 2.45) is 0 Å². The van der Waals surface area contributed by atoms with Gasteiger partial charge >= 0.3 is 0 Å². The maximum absolute atomic E-state index is 3.73. The SMILES string of the molecule is Cc1ccc2c(c1)CCCN2CC1CCCCCN1. The van der Waals surface area contributed by atoms with Crippen LogP contribution in [0.5, 0.6) is 0 Å². The summed E-state index contributed by atoms with van der Waals surface area (Å²) in [6.45, 7) is 5.83. The second kappa shape index (κ2) is 5.96. The second-order valence-corrected chi connectivity index (χ2v) is 6.18. The van der Waals surface area contributed by atoms with Gasteiger partial charge in [-0.25, -0.2) is 0 Å². The summed E-state index contributed by atoms with van der Waals surface area (Å²) in [6, 6.07) is 7.66. The van der Waals surface area contributed by atoms with Crippen LogP contribution in [0.1, 0.15) is 43.2 Å². The summed E-state index contributed by atoms with van der Waals surface area (Å²) in [7, 11) is 0. The molecule has 1 aromatic rings. The molecule has 2 heterocycles. The molecule has 19 heavy (non-hydrogen) atoms. The number of nitrogens with one attached hydrogen (secondary N) is 1. The Morgan fingerprint density at radius 1 is 1.21 bits per heavy atom. The van der Waals surface area contributed by atoms with E-state index in [1.54, 1.807) is 5.56 Å². The van der Waals surface area contributed by atoms with Gasteiger partial charge in [-0.2, -0.15) is 0 Å². The van der Waals surface area contributed by atoms with Gasteiger partial charge in [0.05, 0.1) is 0 Å². The van der Waals surface area contributed by atoms with Crippen LogP contribution < -0.4 is 10.2 Å². The summed E-state index contributed by atoms with van der Waals surface area (Å²) >= 11 is 0. The molecule has 0 radical (unpaired) electrons. The van der Waals surface area contributed by atoms with Crippen LogP contribution in [-0.4, -0.2) is 25.7 Å². The average molecular weight is 258 g/mol. The number of aryl methyl sites for hydroxylation is 2. The minimum atomic E-state index is 0.690. The summed E-state index contributed by atoms with van der Waals surface area (Å²) in [6.07, 6.45) is 8.06. The van der Waals surface area contributed by atoms with E-state index in [4.69, 9.17) is 0 Å². The number of benzene rings is 1. The standard InChI is InChI=1S/C17H26N2/c1-14-8-9-17-15(12-14)6-5-11-19(17)13-16-7-3-2-4-10-18-16/h8-9,12,16,18H,2-7,10-11,13H2,1H3. The monoisotopic (exact) mass is 258 g/mol. The average Bonchev–Trinajstić information content (AvgIpc) is 2.67. The van der Waals surface area contributed by atoms with Gasteiger partial charge in [-0.05, 0) is 50.8 Å². The zero-order valence-corrected chi connectivity index (χ0v) is 12.1. The van der Waals surface area contributed by atoms with Gasteiger partial charge in [-0.15, -0.1) is 0 Å². The molecule has 0 aromatic heterocycles. The zero-order chi connectivity index (χ0) is 13.1. The quantitative estimate of drug-likeness (QED) is 0.876. The van der Waals surface area contributed by atoms with E-state index in [-0.39, 0.29) is 0 Å². The Balaban J connectivity index is 1.72. The van der Waals surface area contributed by atoms with Gasteiger partial charge in [-0.3, -0.25) is 0 Å². The Hall–Kier alpha value is -1.02. The van der Waals surface area contributed by atoms with Gasteiger partial charge in [0.25, 0.3) is 0 Å². The minimum Gasteiger partial charge on any atom is -0.370 e. The minimum absolute atomic E-state index is 0.690. The summed E-state index contributed by atoms with van der Waals surface area (Å²) in [5.41, 5.74) is 4.44. The van der Waals surface area contributed by atoms with E-state index in [2.05, 4.69) is 35.3 Å². The number of anilines is 1. The Labute approximate surface area is 117 Å². The highest BCUT2D eigenvalue weighted by atomic mass is 15.2. The lowest BCUT2D eigenvalue weighted by atomic mass is 9.98. The molecule has 1 N–H and O–H groups in total. The predicted molar refractivity (Wildman–Crippen MR) is 82.0 cm³/mol. The fourth-order valence-corrected chi connectivity index (χ4v) is 3.52. The van der Waals surface area contributed by atoms with Crippen molar-refractivity contribution < 1.29 is 0 Å². The van der Waals surface area contributed by atoms with E-state index in [1.165, 1.54) is 69.4 Å². The van der Waals surface area contributed by atoms with Crippen molar-refractivity contribution in [3.8, 4) is 0 Å². The first kappa shape index (κ1) is 13.0. The van der Waals surface area contributed by atoms with Gasteiger partial charge in [0.2, 0.25) is 0 Å². The zero-order valence-electron chi connectivity index (χ0n) is 12.1. The molecule has 2 aliphatic rings. The third-order valence-electron chi connectivity index (χ3n) is 4.55. The molecular weight excluding hydrogens is 232 g/mol. The summed E-state index contributed by atoms with van der Waals surface area (Å²) in [5, 5.41) is 3.73. The fraction of sp³-hybridized carbons (Fsp3) is 0.647. The van der Waals surface area contributed by atoms with Crippen LogP contribution in [0, 0.1) is 6.92 Å². The molecule has 104 valence electrons. The maximum Gasteiger partial charge on any atom is 0.0399 e. The van der Waals surface area contributed by atoms with Crippen molar-refractivity contribution in [2.75, 3.05) is 24.5 Å². The first-order valence-electron chi connectivity index (χ1n) is 7.91. The van der Waals surface area contributed by atoms with E-state index in [0.717, 1.165) is 0 Å². The maximum atomic E-state index is 3.73. The molecule has 2 aliphatic heterocycles. The third-order valence-corrected chi connectivity index (χ3v) is 4.55. The van der Waals surface area contributed by atoms with Crippen molar-refractivity contribution in [1.82, 2.24) is 5.32 Å². The van der Waals surface area contributed by atoms with E-state index in [0.29, 0.717) is 6.04 Å². The molecule has 0 amide bonds. The predicted octanol–water partition coefficient (Wildman–Crippen LogP) is 3.28. The molecule has 2 nitrogen and oxygen atoms in total. The lowest BCUT2D eigenvalue weighted by Gasteiger charge is -2.34. The van der Waals surface area contributed by atoms with E-state index in [1.807, 2.05) is 0 Å². The van der Waals surface area contributed by atoms with Gasteiger partial charge in [0.15, 0.2) is 0 Å². The van der Waals surface area contributed by atoms with E-state index >= 15 is 0 Å². The topological polar surface area (TPSA) is 15.3 Å². The van der Waals surface area contributed by atoms with Crippen LogP contribution in [0.25, 0.3) is 0 Å². The molecule has 1 unspecified atom stereocenters. The Kier molecular flexibility index (Phi) is 4.07. The van der Waals surface area contributed by atoms with Crippen molar-refractivity contribution in [3.63, 3.8) is 0 Å². The molecule has 2 heteroatoms. The van der Waals surface area contributed by atoms with Crippen LogP contribution in [0.3, 0.4) is 0 Å². The Morgan fingerprint density at radius 3 is 3.11 bits per heavy atom. The number of rotatable bonds is 2. The van der Waals surface area contributed by atoms with Crippen LogP contribution in [0.15, 0.2) is 18.2 Å². The molecule has 0 saturated carbocycles. The second-order valence-electron chi connectivity index (χ2n) is 6.18. The molecular formula is C17H26N2. The lowest BCUT2D eigenvalue weighted by Crippen LogP contribution is -2.42. The molecule has 1 saturated heterocycles. The number of nitrogens with zero attached hydrogens (tertiary/aromatic N) is 1. The summed E-state index contributed by atoms with van der Waals surface area (Å²) in [5.74, 6) is 0. The molecule has 3 rings (SSSR count). The summed E-state index contributed by atoms with van der Waals surface area (Å²) in [4.78, 5) is 2.61. The third kappa shape index (κ3) is 3.11. The smallest absolute Gasteiger partial charge is 0.0399 e. The van der Waals surface area contributed by atoms with Gasteiger partial charge in [-0.1, -0.05) is 30.5 Å². The highest BCUT2D eigenvalue weighted by molar-refractivity contribution is 5.56. The van der Waals surface area contributed by atoms with Crippen molar-refractivity contribution in [3.05, 3.63) is 29.3 Å². The first-order valence-corrected chi connectivity index (χ1v) is 7.91. The highest BCUT2D eigenvalue weighted by Crippen LogP contribution is 2.28. The van der Waals surface area contributed by atoms with Crippen molar-refractivity contribution in [2.45, 2.75) is 51.5 Å². The molecule has 0 aliphatic carbocycles. The molecule has 1 aromatic carbocycles. The number of hydrogen-bond donors (Lipinski definition) is 1. The molecule has 1 atom stereocenters. The van der Waals surface area contributed by atoms with Gasteiger partial charge < -0.3 is 10.2 Å². The van der Waals surface area contributed by atoms with E-state index in [9.17, 15) is 0 Å². The fourth-order valence-electron chi connectivity index (χ4n) is 3.52. The van der Waals surface area contributed by atoms with Gasteiger partial charge in [0.1, 0.15) is 0 Å². The molecule has 1 fully saturated rings. The van der Waals surface area contributed by atoms with Crippen LogP contribution >= 0.6 is 0 Å². The lowest BCUT2D eigenvalue weighted by molar-refractivity contribution is 0.493. The van der Waals surface area contributed by atoms with Crippen molar-refractivity contribution in [1.29, 1.82) is 0 Å². The normalized spacial score (nSPS) is 23.8. The van der Waals surface area contributed by atoms with Crippen LogP contribution in [0.4, 0.5) is 5.69 Å². The number of fused-ring (bicyclic) bond motifs is 1.